The van der Waals surface area contributed by atoms with Gasteiger partial charge in [-0.25, -0.2) is 9.78 Å². The van der Waals surface area contributed by atoms with Gasteiger partial charge in [-0.15, -0.1) is 11.3 Å². The molecule has 0 spiro atoms. The minimum Gasteiger partial charge on any atom is -0.477 e. The summed E-state index contributed by atoms with van der Waals surface area (Å²) >= 11 is 1.30. The number of hydrogen-bond acceptors (Lipinski definition) is 5. The Morgan fingerprint density at radius 3 is 2.67 bits per heavy atom. The Labute approximate surface area is 112 Å². The topological polar surface area (TPSA) is 65.5 Å². The summed E-state index contributed by atoms with van der Waals surface area (Å²) in [7, 11) is 4.07. The van der Waals surface area contributed by atoms with E-state index in [9.17, 15) is 4.79 Å². The van der Waals surface area contributed by atoms with Crippen molar-refractivity contribution in [3.8, 4) is 0 Å². The molecule has 0 amide bonds. The van der Waals surface area contributed by atoms with E-state index in [0.29, 0.717) is 17.0 Å². The lowest BCUT2D eigenvalue weighted by Gasteiger charge is -2.09. The van der Waals surface area contributed by atoms with Gasteiger partial charge >= 0.3 is 5.97 Å². The predicted octanol–water partition coefficient (Wildman–Crippen LogP) is 1.10. The Balaban J connectivity index is 2.41. The molecule has 2 N–H and O–H groups in total. The SMILES string of the molecule is CCc1nc(CCNCCN(C)C)sc1C(=O)O. The second-order valence-corrected chi connectivity index (χ2v) is 5.43. The van der Waals surface area contributed by atoms with Gasteiger partial charge in [0.15, 0.2) is 0 Å². The number of carbonyl (C=O) groups is 1. The molecule has 0 aliphatic heterocycles. The summed E-state index contributed by atoms with van der Waals surface area (Å²) in [6.45, 7) is 4.70. The zero-order valence-corrected chi connectivity index (χ0v) is 12.0. The van der Waals surface area contributed by atoms with Gasteiger partial charge in [0.1, 0.15) is 4.88 Å². The van der Waals surface area contributed by atoms with Crippen LogP contribution in [0.2, 0.25) is 0 Å². The maximum atomic E-state index is 11.0. The van der Waals surface area contributed by atoms with E-state index in [1.54, 1.807) is 0 Å². The number of hydrogen-bond donors (Lipinski definition) is 2. The molecule has 0 unspecified atom stereocenters. The van der Waals surface area contributed by atoms with Gasteiger partial charge in [0.05, 0.1) is 10.7 Å². The number of aryl methyl sites for hydroxylation is 1. The summed E-state index contributed by atoms with van der Waals surface area (Å²) < 4.78 is 0. The monoisotopic (exact) mass is 271 g/mol. The molecule has 1 heterocycles. The fourth-order valence-electron chi connectivity index (χ4n) is 1.54. The lowest BCUT2D eigenvalue weighted by atomic mass is 10.3. The van der Waals surface area contributed by atoms with E-state index in [0.717, 1.165) is 31.1 Å². The van der Waals surface area contributed by atoms with Gasteiger partial charge in [0.25, 0.3) is 0 Å². The van der Waals surface area contributed by atoms with Gasteiger partial charge in [-0.2, -0.15) is 0 Å². The quantitative estimate of drug-likeness (QED) is 0.693. The number of nitrogens with zero attached hydrogens (tertiary/aromatic N) is 2. The van der Waals surface area contributed by atoms with E-state index in [4.69, 9.17) is 5.11 Å². The number of carboxylic acid groups (broad SMARTS) is 1. The Morgan fingerprint density at radius 1 is 1.44 bits per heavy atom. The highest BCUT2D eigenvalue weighted by Crippen LogP contribution is 2.19. The molecule has 0 aromatic carbocycles. The highest BCUT2D eigenvalue weighted by molar-refractivity contribution is 7.13. The van der Waals surface area contributed by atoms with Crippen LogP contribution in [0, 0.1) is 0 Å². The average molecular weight is 271 g/mol. The lowest BCUT2D eigenvalue weighted by molar-refractivity contribution is 0.0701. The summed E-state index contributed by atoms with van der Waals surface area (Å²) in [6.07, 6.45) is 1.46. The van der Waals surface area contributed by atoms with Crippen molar-refractivity contribution in [2.45, 2.75) is 19.8 Å². The van der Waals surface area contributed by atoms with Gasteiger partial charge < -0.3 is 15.3 Å². The number of likely N-dealkylation sites (N-methyl/N-ethyl adjacent to an activating group) is 1. The highest BCUT2D eigenvalue weighted by atomic mass is 32.1. The van der Waals surface area contributed by atoms with E-state index in [1.165, 1.54) is 11.3 Å². The second-order valence-electron chi connectivity index (χ2n) is 4.35. The zero-order valence-electron chi connectivity index (χ0n) is 11.2. The highest BCUT2D eigenvalue weighted by Gasteiger charge is 2.15. The minimum atomic E-state index is -0.865. The van der Waals surface area contributed by atoms with Crippen molar-refractivity contribution in [1.82, 2.24) is 15.2 Å². The van der Waals surface area contributed by atoms with Crippen molar-refractivity contribution in [3.63, 3.8) is 0 Å². The van der Waals surface area contributed by atoms with Crippen LogP contribution in [0.3, 0.4) is 0 Å². The summed E-state index contributed by atoms with van der Waals surface area (Å²) in [5.41, 5.74) is 0.704. The molecule has 0 saturated carbocycles. The van der Waals surface area contributed by atoms with Crippen molar-refractivity contribution < 1.29 is 9.90 Å². The molecule has 1 aromatic heterocycles. The molecular weight excluding hydrogens is 250 g/mol. The van der Waals surface area contributed by atoms with Crippen molar-refractivity contribution in [2.24, 2.45) is 0 Å². The summed E-state index contributed by atoms with van der Waals surface area (Å²) in [5.74, 6) is -0.865. The molecular formula is C12H21N3O2S. The smallest absolute Gasteiger partial charge is 0.347 e. The van der Waals surface area contributed by atoms with Gasteiger partial charge in [-0.1, -0.05) is 6.92 Å². The van der Waals surface area contributed by atoms with Crippen LogP contribution < -0.4 is 5.32 Å². The maximum absolute atomic E-state index is 11.0. The molecule has 0 fully saturated rings. The third-order valence-corrected chi connectivity index (χ3v) is 3.67. The fraction of sp³-hybridized carbons (Fsp3) is 0.667. The first-order valence-corrected chi connectivity index (χ1v) is 6.93. The molecule has 1 rings (SSSR count). The molecule has 18 heavy (non-hydrogen) atoms. The first-order chi connectivity index (χ1) is 8.54. The van der Waals surface area contributed by atoms with Crippen molar-refractivity contribution in [1.29, 1.82) is 0 Å². The third-order valence-electron chi connectivity index (χ3n) is 2.52. The summed E-state index contributed by atoms with van der Waals surface area (Å²) in [4.78, 5) is 17.9. The lowest BCUT2D eigenvalue weighted by Crippen LogP contribution is -2.27. The first kappa shape index (κ1) is 15.1. The molecule has 0 aliphatic rings. The maximum Gasteiger partial charge on any atom is 0.347 e. The standard InChI is InChI=1S/C12H21N3O2S/c1-4-9-11(12(16)17)18-10(14-9)5-6-13-7-8-15(2)3/h13H,4-8H2,1-3H3,(H,16,17). The number of aromatic nitrogens is 1. The van der Waals surface area contributed by atoms with Crippen LogP contribution in [0.4, 0.5) is 0 Å². The Morgan fingerprint density at radius 2 is 2.17 bits per heavy atom. The van der Waals surface area contributed by atoms with Crippen molar-refractivity contribution >= 4 is 17.3 Å². The largest absolute Gasteiger partial charge is 0.477 e. The van der Waals surface area contributed by atoms with E-state index in [1.807, 2.05) is 21.0 Å². The molecule has 102 valence electrons. The minimum absolute atomic E-state index is 0.390. The summed E-state index contributed by atoms with van der Waals surface area (Å²) in [5, 5.41) is 13.3. The zero-order chi connectivity index (χ0) is 13.5. The van der Waals surface area contributed by atoms with Crippen LogP contribution in [0.15, 0.2) is 0 Å². The molecule has 0 atom stereocenters. The van der Waals surface area contributed by atoms with Crippen LogP contribution in [-0.2, 0) is 12.8 Å². The number of rotatable bonds is 8. The molecule has 0 bridgehead atoms. The Bertz CT molecular complexity index is 391. The Hall–Kier alpha value is -0.980. The average Bonchev–Trinajstić information content (AvgIpc) is 2.71. The molecule has 5 nitrogen and oxygen atoms in total. The molecule has 0 radical (unpaired) electrons. The van der Waals surface area contributed by atoms with Crippen LogP contribution in [0.25, 0.3) is 0 Å². The summed E-state index contributed by atoms with van der Waals surface area (Å²) in [6, 6.07) is 0. The molecule has 6 heteroatoms. The van der Waals surface area contributed by atoms with E-state index >= 15 is 0 Å². The van der Waals surface area contributed by atoms with Crippen LogP contribution in [0.1, 0.15) is 27.3 Å². The van der Waals surface area contributed by atoms with Gasteiger partial charge in [0, 0.05) is 26.1 Å². The number of carboxylic acids is 1. The number of aromatic carboxylic acids is 1. The van der Waals surface area contributed by atoms with Gasteiger partial charge in [-0.05, 0) is 20.5 Å². The molecule has 0 aliphatic carbocycles. The van der Waals surface area contributed by atoms with Crippen LogP contribution >= 0.6 is 11.3 Å². The molecule has 1 aromatic rings. The van der Waals surface area contributed by atoms with Gasteiger partial charge in [-0.3, -0.25) is 0 Å². The predicted molar refractivity (Wildman–Crippen MR) is 73.6 cm³/mol. The van der Waals surface area contributed by atoms with E-state index < -0.39 is 5.97 Å². The third kappa shape index (κ3) is 4.72. The van der Waals surface area contributed by atoms with Gasteiger partial charge in [0.2, 0.25) is 0 Å². The van der Waals surface area contributed by atoms with Crippen molar-refractivity contribution in [2.75, 3.05) is 33.7 Å². The fourth-order valence-corrected chi connectivity index (χ4v) is 2.53. The van der Waals surface area contributed by atoms with E-state index in [-0.39, 0.29) is 0 Å². The Kier molecular flexibility index (Phi) is 6.24. The molecule has 0 saturated heterocycles. The second kappa shape index (κ2) is 7.45. The first-order valence-electron chi connectivity index (χ1n) is 6.12. The number of nitrogens with one attached hydrogen (secondary N) is 1. The van der Waals surface area contributed by atoms with E-state index in [2.05, 4.69) is 15.2 Å². The van der Waals surface area contributed by atoms with Crippen molar-refractivity contribution in [3.05, 3.63) is 15.6 Å². The normalized spacial score (nSPS) is 11.1. The van der Waals surface area contributed by atoms with Crippen LogP contribution in [-0.4, -0.2) is 54.7 Å². The van der Waals surface area contributed by atoms with Crippen LogP contribution in [0.5, 0.6) is 0 Å². The number of thiazole rings is 1.